The van der Waals surface area contributed by atoms with E-state index in [0.29, 0.717) is 16.7 Å². The zero-order valence-corrected chi connectivity index (χ0v) is 17.4. The summed E-state index contributed by atoms with van der Waals surface area (Å²) < 4.78 is 8.25. The zero-order chi connectivity index (χ0) is 22.1. The van der Waals surface area contributed by atoms with Crippen molar-refractivity contribution in [3.05, 3.63) is 70.3 Å². The van der Waals surface area contributed by atoms with Crippen molar-refractivity contribution < 1.29 is 14.3 Å². The first-order valence-corrected chi connectivity index (χ1v) is 11.2. The van der Waals surface area contributed by atoms with E-state index in [1.807, 2.05) is 30.3 Å². The molecule has 33 heavy (non-hydrogen) atoms. The lowest BCUT2D eigenvalue weighted by atomic mass is 9.86. The molecule has 4 unspecified atom stereocenters. The van der Waals surface area contributed by atoms with Crippen LogP contribution in [0.3, 0.4) is 0 Å². The first kappa shape index (κ1) is 17.9. The SMILES string of the molecule is O=C1NC2OC3(CC1n1c2nc2ccccc2c1=O)c1ccccc1N1C(=O)C2(CC2)NC13. The highest BCUT2D eigenvalue weighted by Crippen LogP contribution is 2.58. The number of para-hydroxylation sites is 2. The Morgan fingerprint density at radius 2 is 1.82 bits per heavy atom. The monoisotopic (exact) mass is 441 g/mol. The van der Waals surface area contributed by atoms with Crippen molar-refractivity contribution in [3.8, 4) is 0 Å². The molecule has 0 radical (unpaired) electrons. The highest BCUT2D eigenvalue weighted by atomic mass is 16.5. The molecule has 2 amide bonds. The minimum absolute atomic E-state index is 0.0508. The van der Waals surface area contributed by atoms with Crippen LogP contribution in [0.25, 0.3) is 10.9 Å². The molecule has 9 nitrogen and oxygen atoms in total. The summed E-state index contributed by atoms with van der Waals surface area (Å²) in [4.78, 5) is 46.6. The normalized spacial score (nSPS) is 32.1. The van der Waals surface area contributed by atoms with E-state index in [-0.39, 0.29) is 23.8 Å². The summed E-state index contributed by atoms with van der Waals surface area (Å²) >= 11 is 0. The third-order valence-corrected chi connectivity index (χ3v) is 7.89. The molecular formula is C24H19N5O4. The lowest BCUT2D eigenvalue weighted by Gasteiger charge is -2.35. The molecule has 164 valence electrons. The third kappa shape index (κ3) is 1.97. The van der Waals surface area contributed by atoms with Gasteiger partial charge in [-0.15, -0.1) is 0 Å². The molecule has 3 aromatic rings. The average Bonchev–Trinajstić information content (AvgIpc) is 3.54. The highest BCUT2D eigenvalue weighted by molar-refractivity contribution is 6.07. The van der Waals surface area contributed by atoms with Crippen LogP contribution >= 0.6 is 0 Å². The van der Waals surface area contributed by atoms with Gasteiger partial charge in [-0.25, -0.2) is 4.98 Å². The van der Waals surface area contributed by atoms with E-state index in [2.05, 4.69) is 10.6 Å². The maximum absolute atomic E-state index is 13.5. The Labute approximate surface area is 187 Å². The van der Waals surface area contributed by atoms with Crippen LogP contribution in [0.1, 0.15) is 42.9 Å². The van der Waals surface area contributed by atoms with Crippen LogP contribution < -0.4 is 21.1 Å². The summed E-state index contributed by atoms with van der Waals surface area (Å²) in [6.45, 7) is 0. The Balaban J connectivity index is 1.38. The molecule has 9 heteroatoms. The Bertz CT molecular complexity index is 1490. The van der Waals surface area contributed by atoms with Crippen LogP contribution in [0.4, 0.5) is 5.69 Å². The molecule has 2 spiro atoms. The number of amides is 2. The quantitative estimate of drug-likeness (QED) is 0.543. The minimum Gasteiger partial charge on any atom is -0.336 e. The second kappa shape index (κ2) is 5.49. The van der Waals surface area contributed by atoms with Gasteiger partial charge in [-0.1, -0.05) is 30.3 Å². The number of aromatic nitrogens is 2. The molecular weight excluding hydrogens is 422 g/mol. The molecule has 2 N–H and O–H groups in total. The van der Waals surface area contributed by atoms with Crippen molar-refractivity contribution in [1.82, 2.24) is 20.2 Å². The molecule has 9 rings (SSSR count). The molecule has 5 aliphatic heterocycles. The van der Waals surface area contributed by atoms with E-state index in [1.54, 1.807) is 23.1 Å². The second-order valence-corrected chi connectivity index (χ2v) is 9.60. The number of anilines is 1. The van der Waals surface area contributed by atoms with Crippen molar-refractivity contribution in [3.63, 3.8) is 0 Å². The van der Waals surface area contributed by atoms with Gasteiger partial charge in [-0.05, 0) is 31.0 Å². The van der Waals surface area contributed by atoms with Gasteiger partial charge in [-0.3, -0.25) is 29.2 Å². The van der Waals surface area contributed by atoms with E-state index in [4.69, 9.17) is 9.72 Å². The van der Waals surface area contributed by atoms with Crippen molar-refractivity contribution in [2.75, 3.05) is 4.90 Å². The maximum atomic E-state index is 13.5. The van der Waals surface area contributed by atoms with Crippen LogP contribution in [-0.4, -0.2) is 33.1 Å². The van der Waals surface area contributed by atoms with Crippen LogP contribution in [-0.2, 0) is 19.9 Å². The number of nitrogens with one attached hydrogen (secondary N) is 2. The molecule has 4 atom stereocenters. The summed E-state index contributed by atoms with van der Waals surface area (Å²) in [5, 5.41) is 6.94. The summed E-state index contributed by atoms with van der Waals surface area (Å²) in [6.07, 6.45) is 0.425. The van der Waals surface area contributed by atoms with Crippen molar-refractivity contribution in [2.45, 2.75) is 48.8 Å². The van der Waals surface area contributed by atoms with Crippen LogP contribution in [0.15, 0.2) is 53.3 Å². The topological polar surface area (TPSA) is 106 Å². The fourth-order valence-corrected chi connectivity index (χ4v) is 6.20. The number of hydrogen-bond donors (Lipinski definition) is 2. The van der Waals surface area contributed by atoms with Gasteiger partial charge in [0.05, 0.1) is 16.6 Å². The molecule has 2 saturated heterocycles. The smallest absolute Gasteiger partial charge is 0.262 e. The number of carbonyl (C=O) groups is 2. The maximum Gasteiger partial charge on any atom is 0.262 e. The minimum atomic E-state index is -1.00. The Hall–Kier alpha value is -3.56. The predicted octanol–water partition coefficient (Wildman–Crippen LogP) is 1.19. The third-order valence-electron chi connectivity index (χ3n) is 7.89. The highest BCUT2D eigenvalue weighted by Gasteiger charge is 2.70. The first-order chi connectivity index (χ1) is 16.0. The number of hydrogen-bond acceptors (Lipinski definition) is 6. The zero-order valence-electron chi connectivity index (χ0n) is 17.4. The summed E-state index contributed by atoms with van der Waals surface area (Å²) in [5.41, 5.74) is 0.411. The number of ether oxygens (including phenoxy) is 1. The first-order valence-electron chi connectivity index (χ1n) is 11.2. The molecule has 2 bridgehead atoms. The second-order valence-electron chi connectivity index (χ2n) is 9.60. The lowest BCUT2D eigenvalue weighted by molar-refractivity contribution is -0.135. The van der Waals surface area contributed by atoms with E-state index in [0.717, 1.165) is 24.1 Å². The average molecular weight is 441 g/mol. The van der Waals surface area contributed by atoms with Crippen molar-refractivity contribution in [2.24, 2.45) is 0 Å². The van der Waals surface area contributed by atoms with Gasteiger partial charge < -0.3 is 10.1 Å². The molecule has 1 saturated carbocycles. The Morgan fingerprint density at radius 3 is 2.67 bits per heavy atom. The van der Waals surface area contributed by atoms with Gasteiger partial charge >= 0.3 is 0 Å². The number of nitrogens with zero attached hydrogens (tertiary/aromatic N) is 3. The summed E-state index contributed by atoms with van der Waals surface area (Å²) in [6, 6.07) is 14.0. The largest absolute Gasteiger partial charge is 0.336 e. The molecule has 6 heterocycles. The van der Waals surface area contributed by atoms with E-state index < -0.39 is 29.6 Å². The van der Waals surface area contributed by atoms with Gasteiger partial charge in [0, 0.05) is 12.0 Å². The Morgan fingerprint density at radius 1 is 1.03 bits per heavy atom. The fraction of sp³-hybridized carbons (Fsp3) is 0.333. The predicted molar refractivity (Wildman–Crippen MR) is 116 cm³/mol. The summed E-state index contributed by atoms with van der Waals surface area (Å²) in [5.74, 6) is 0.168. The molecule has 1 aromatic heterocycles. The van der Waals surface area contributed by atoms with Gasteiger partial charge in [0.2, 0.25) is 11.8 Å². The molecule has 2 aromatic carbocycles. The van der Waals surface area contributed by atoms with E-state index >= 15 is 0 Å². The van der Waals surface area contributed by atoms with E-state index in [9.17, 15) is 14.4 Å². The van der Waals surface area contributed by atoms with Crippen LogP contribution in [0.5, 0.6) is 0 Å². The van der Waals surface area contributed by atoms with Gasteiger partial charge in [0.1, 0.15) is 23.3 Å². The molecule has 3 fully saturated rings. The number of carbonyl (C=O) groups excluding carboxylic acids is 2. The number of fused-ring (bicyclic) bond motifs is 5. The Kier molecular flexibility index (Phi) is 2.98. The van der Waals surface area contributed by atoms with Crippen LogP contribution in [0.2, 0.25) is 0 Å². The lowest BCUT2D eigenvalue weighted by Crippen LogP contribution is -2.51. The summed E-state index contributed by atoms with van der Waals surface area (Å²) in [7, 11) is 0. The van der Waals surface area contributed by atoms with Gasteiger partial charge in [-0.2, -0.15) is 0 Å². The van der Waals surface area contributed by atoms with Crippen molar-refractivity contribution >= 4 is 28.4 Å². The van der Waals surface area contributed by atoms with Gasteiger partial charge in [0.25, 0.3) is 5.56 Å². The molecule has 6 aliphatic rings. The standard InChI is InChI=1S/C24H19N5O4/c30-18-16-11-24(13-6-2-4-8-15(13)29-21(24)27-23(9-10-23)22(29)32)33-19(26-18)17-25-14-7-3-1-5-12(14)20(31)28(16)17/h1-8,16,19,21,27H,9-11H2,(H,26,30). The van der Waals surface area contributed by atoms with Gasteiger partial charge in [0.15, 0.2) is 12.1 Å². The van der Waals surface area contributed by atoms with Crippen LogP contribution in [0, 0.1) is 0 Å². The molecule has 1 aliphatic carbocycles. The fourth-order valence-electron chi connectivity index (χ4n) is 6.20. The van der Waals surface area contributed by atoms with E-state index in [1.165, 1.54) is 4.57 Å². The van der Waals surface area contributed by atoms with Crippen molar-refractivity contribution in [1.29, 1.82) is 0 Å². The number of rotatable bonds is 0. The number of benzene rings is 2.